The highest BCUT2D eigenvalue weighted by molar-refractivity contribution is 6.42. The fourth-order valence-electron chi connectivity index (χ4n) is 2.00. The van der Waals surface area contributed by atoms with Gasteiger partial charge < -0.3 is 20.1 Å². The lowest BCUT2D eigenvalue weighted by atomic mass is 9.89. The van der Waals surface area contributed by atoms with E-state index in [2.05, 4.69) is 0 Å². The van der Waals surface area contributed by atoms with E-state index < -0.39 is 23.9 Å². The van der Waals surface area contributed by atoms with Crippen LogP contribution in [0.3, 0.4) is 0 Å². The van der Waals surface area contributed by atoms with Gasteiger partial charge in [-0.1, -0.05) is 29.3 Å². The molecule has 1 heterocycles. The van der Waals surface area contributed by atoms with Crippen molar-refractivity contribution in [1.82, 2.24) is 0 Å². The molecule has 1 aliphatic heterocycles. The van der Waals surface area contributed by atoms with Crippen LogP contribution < -0.4 is 0 Å². The summed E-state index contributed by atoms with van der Waals surface area (Å²) in [7, 11) is 0. The van der Waals surface area contributed by atoms with Crippen molar-refractivity contribution in [2.24, 2.45) is 0 Å². The predicted molar refractivity (Wildman–Crippen MR) is 67.8 cm³/mol. The van der Waals surface area contributed by atoms with Crippen LogP contribution in [0.25, 0.3) is 0 Å². The number of halogens is 2. The smallest absolute Gasteiger partial charge is 0.119 e. The van der Waals surface area contributed by atoms with Crippen molar-refractivity contribution < 1.29 is 20.1 Å². The summed E-state index contributed by atoms with van der Waals surface area (Å²) in [6.45, 7) is 1.41. The molecule has 1 aromatic rings. The van der Waals surface area contributed by atoms with Crippen LogP contribution in [0.5, 0.6) is 0 Å². The maximum atomic E-state index is 10.2. The lowest BCUT2D eigenvalue weighted by molar-refractivity contribution is -0.108. The highest BCUT2D eigenvalue weighted by Crippen LogP contribution is 2.36. The first-order valence-corrected chi connectivity index (χ1v) is 6.24. The molecule has 4 atom stereocenters. The van der Waals surface area contributed by atoms with Crippen molar-refractivity contribution in [2.75, 3.05) is 6.61 Å². The van der Waals surface area contributed by atoms with Crippen molar-refractivity contribution in [3.8, 4) is 0 Å². The molecule has 18 heavy (non-hydrogen) atoms. The molecule has 3 N–H and O–H groups in total. The molecule has 3 unspecified atom stereocenters. The Morgan fingerprint density at radius 3 is 2.56 bits per heavy atom. The van der Waals surface area contributed by atoms with E-state index in [4.69, 9.17) is 27.9 Å². The molecule has 4 nitrogen and oxygen atoms in total. The van der Waals surface area contributed by atoms with Crippen molar-refractivity contribution in [3.05, 3.63) is 33.8 Å². The molecule has 0 aromatic heterocycles. The van der Waals surface area contributed by atoms with Gasteiger partial charge in [0.2, 0.25) is 0 Å². The average molecular weight is 293 g/mol. The molecule has 0 spiro atoms. The van der Waals surface area contributed by atoms with E-state index in [0.29, 0.717) is 15.6 Å². The minimum Gasteiger partial charge on any atom is -0.388 e. The van der Waals surface area contributed by atoms with Gasteiger partial charge in [0.25, 0.3) is 0 Å². The number of benzene rings is 1. The number of hydrogen-bond acceptors (Lipinski definition) is 4. The number of ether oxygens (including phenoxy) is 1. The molecule has 1 aromatic carbocycles. The monoisotopic (exact) mass is 292 g/mol. The van der Waals surface area contributed by atoms with Crippen LogP contribution in [0, 0.1) is 0 Å². The molecule has 0 amide bonds. The third-order valence-electron chi connectivity index (χ3n) is 3.26. The van der Waals surface area contributed by atoms with E-state index in [1.807, 2.05) is 0 Å². The normalized spacial score (nSPS) is 33.7. The zero-order valence-electron chi connectivity index (χ0n) is 9.68. The van der Waals surface area contributed by atoms with Crippen LogP contribution in [0.15, 0.2) is 18.2 Å². The minimum absolute atomic E-state index is 0.0178. The minimum atomic E-state index is -1.51. The number of rotatable bonds is 2. The first-order valence-electron chi connectivity index (χ1n) is 5.49. The highest BCUT2D eigenvalue weighted by Gasteiger charge is 2.49. The summed E-state index contributed by atoms with van der Waals surface area (Å²) < 4.78 is 5.24. The van der Waals surface area contributed by atoms with Gasteiger partial charge in [0.15, 0.2) is 0 Å². The number of aliphatic hydroxyl groups is 3. The van der Waals surface area contributed by atoms with E-state index in [9.17, 15) is 15.3 Å². The van der Waals surface area contributed by atoms with Crippen molar-refractivity contribution in [3.63, 3.8) is 0 Å². The van der Waals surface area contributed by atoms with E-state index in [1.54, 1.807) is 12.1 Å². The van der Waals surface area contributed by atoms with E-state index >= 15 is 0 Å². The van der Waals surface area contributed by atoms with Gasteiger partial charge in [0, 0.05) is 0 Å². The first kappa shape index (κ1) is 14.1. The molecule has 1 fully saturated rings. The van der Waals surface area contributed by atoms with Crippen molar-refractivity contribution >= 4 is 23.2 Å². The summed E-state index contributed by atoms with van der Waals surface area (Å²) in [4.78, 5) is 0. The Morgan fingerprint density at radius 2 is 2.06 bits per heavy atom. The fourth-order valence-corrected chi connectivity index (χ4v) is 2.31. The Labute approximate surface area is 115 Å². The molecule has 0 saturated carbocycles. The molecule has 6 heteroatoms. The number of hydrogen-bond donors (Lipinski definition) is 3. The SMILES string of the molecule is CC1(O)C(O)COC1[C@H](O)c1ccc(Cl)c(Cl)c1. The zero-order valence-corrected chi connectivity index (χ0v) is 11.2. The zero-order chi connectivity index (χ0) is 13.5. The third-order valence-corrected chi connectivity index (χ3v) is 4.00. The van der Waals surface area contributed by atoms with Crippen LogP contribution in [-0.2, 0) is 4.74 Å². The van der Waals surface area contributed by atoms with Crippen LogP contribution in [0.2, 0.25) is 10.0 Å². The Bertz CT molecular complexity index is 450. The maximum Gasteiger partial charge on any atom is 0.119 e. The van der Waals surface area contributed by atoms with Gasteiger partial charge in [-0.3, -0.25) is 0 Å². The van der Waals surface area contributed by atoms with Crippen LogP contribution in [0.1, 0.15) is 18.6 Å². The average Bonchev–Trinajstić information content (AvgIpc) is 2.57. The first-order chi connectivity index (χ1) is 8.34. The van der Waals surface area contributed by atoms with E-state index in [-0.39, 0.29) is 6.61 Å². The summed E-state index contributed by atoms with van der Waals surface area (Å²) in [5.41, 5.74) is -1.03. The van der Waals surface area contributed by atoms with Crippen LogP contribution >= 0.6 is 23.2 Å². The van der Waals surface area contributed by atoms with Crippen molar-refractivity contribution in [1.29, 1.82) is 0 Å². The molecular formula is C12H14Cl2O4. The molecule has 2 rings (SSSR count). The highest BCUT2D eigenvalue weighted by atomic mass is 35.5. The Hall–Kier alpha value is -0.360. The molecule has 1 aliphatic rings. The molecule has 0 aliphatic carbocycles. The summed E-state index contributed by atoms with van der Waals surface area (Å²) in [5, 5.41) is 30.6. The Kier molecular flexibility index (Phi) is 3.88. The Balaban J connectivity index is 2.26. The molecule has 100 valence electrons. The summed E-state index contributed by atoms with van der Waals surface area (Å²) in [5.74, 6) is 0. The second-order valence-corrected chi connectivity index (χ2v) is 5.43. The topological polar surface area (TPSA) is 69.9 Å². The molecule has 0 bridgehead atoms. The predicted octanol–water partition coefficient (Wildman–Crippen LogP) is 1.54. The second kappa shape index (κ2) is 4.96. The quantitative estimate of drug-likeness (QED) is 0.773. The standard InChI is InChI=1S/C12H14Cl2O4/c1-12(17)9(15)5-18-11(12)10(16)6-2-3-7(13)8(14)4-6/h2-4,9-11,15-17H,5H2,1H3/t9?,10-,11?,12?/m1/s1. The molecular weight excluding hydrogens is 279 g/mol. The van der Waals surface area contributed by atoms with Crippen molar-refractivity contribution in [2.45, 2.75) is 30.8 Å². The maximum absolute atomic E-state index is 10.2. The lowest BCUT2D eigenvalue weighted by Gasteiger charge is -2.30. The summed E-state index contributed by atoms with van der Waals surface area (Å²) in [6.07, 6.45) is -3.03. The van der Waals surface area contributed by atoms with Gasteiger partial charge in [-0.05, 0) is 24.6 Å². The molecule has 0 radical (unpaired) electrons. The fraction of sp³-hybridized carbons (Fsp3) is 0.500. The molecule has 1 saturated heterocycles. The van der Waals surface area contributed by atoms with Gasteiger partial charge in [-0.15, -0.1) is 0 Å². The van der Waals surface area contributed by atoms with Crippen LogP contribution in [0.4, 0.5) is 0 Å². The van der Waals surface area contributed by atoms with Gasteiger partial charge >= 0.3 is 0 Å². The second-order valence-electron chi connectivity index (χ2n) is 4.61. The summed E-state index contributed by atoms with van der Waals surface area (Å²) >= 11 is 11.7. The van der Waals surface area contributed by atoms with Gasteiger partial charge in [-0.2, -0.15) is 0 Å². The summed E-state index contributed by atoms with van der Waals surface area (Å²) in [6, 6.07) is 4.67. The third kappa shape index (κ3) is 2.37. The van der Waals surface area contributed by atoms with E-state index in [0.717, 1.165) is 0 Å². The number of aliphatic hydroxyl groups excluding tert-OH is 2. The van der Waals surface area contributed by atoms with Gasteiger partial charge in [-0.25, -0.2) is 0 Å². The Morgan fingerprint density at radius 1 is 1.39 bits per heavy atom. The lowest BCUT2D eigenvalue weighted by Crippen LogP contribution is -2.46. The van der Waals surface area contributed by atoms with E-state index in [1.165, 1.54) is 13.0 Å². The van der Waals surface area contributed by atoms with Crippen LogP contribution in [-0.4, -0.2) is 39.7 Å². The largest absolute Gasteiger partial charge is 0.388 e. The van der Waals surface area contributed by atoms with Gasteiger partial charge in [0.1, 0.15) is 23.9 Å². The van der Waals surface area contributed by atoms with Gasteiger partial charge in [0.05, 0.1) is 16.7 Å².